The zero-order valence-corrected chi connectivity index (χ0v) is 12.7. The number of ether oxygens (including phenoxy) is 1. The van der Waals surface area contributed by atoms with E-state index in [9.17, 15) is 5.11 Å². The predicted octanol–water partition coefficient (Wildman–Crippen LogP) is 2.96. The Morgan fingerprint density at radius 2 is 2.05 bits per heavy atom. The van der Waals surface area contributed by atoms with Crippen LogP contribution < -0.4 is 10.1 Å². The Kier molecular flexibility index (Phi) is 3.58. The van der Waals surface area contributed by atoms with Crippen LogP contribution in [-0.2, 0) is 0 Å². The summed E-state index contributed by atoms with van der Waals surface area (Å²) in [5.74, 6) is 2.17. The molecule has 6 heteroatoms. The summed E-state index contributed by atoms with van der Waals surface area (Å²) >= 11 is 0. The number of benzene rings is 1. The number of methoxy groups -OCH3 is 1. The molecule has 3 rings (SSSR count). The first kappa shape index (κ1) is 14.2. The number of hydrogen-bond acceptors (Lipinski definition) is 5. The molecule has 2 heterocycles. The van der Waals surface area contributed by atoms with Gasteiger partial charge >= 0.3 is 0 Å². The van der Waals surface area contributed by atoms with E-state index in [-0.39, 0.29) is 5.75 Å². The molecule has 0 aliphatic heterocycles. The Bertz CT molecular complexity index is 811. The van der Waals surface area contributed by atoms with Crippen molar-refractivity contribution in [3.05, 3.63) is 36.5 Å². The highest BCUT2D eigenvalue weighted by atomic mass is 16.5. The molecule has 0 amide bonds. The number of aromatic hydroxyl groups is 1. The van der Waals surface area contributed by atoms with E-state index in [0.29, 0.717) is 28.5 Å². The molecule has 2 aromatic heterocycles. The lowest BCUT2D eigenvalue weighted by Crippen LogP contribution is -2.10. The number of rotatable bonds is 4. The van der Waals surface area contributed by atoms with Crippen LogP contribution >= 0.6 is 0 Å². The highest BCUT2D eigenvalue weighted by Gasteiger charge is 2.09. The van der Waals surface area contributed by atoms with E-state index in [1.807, 2.05) is 19.9 Å². The van der Waals surface area contributed by atoms with Crippen molar-refractivity contribution in [3.63, 3.8) is 0 Å². The van der Waals surface area contributed by atoms with Gasteiger partial charge in [0.25, 0.3) is 0 Å². The van der Waals surface area contributed by atoms with E-state index in [1.54, 1.807) is 42.3 Å². The molecule has 2 N–H and O–H groups in total. The first-order valence-corrected chi connectivity index (χ1v) is 7.07. The van der Waals surface area contributed by atoms with Gasteiger partial charge in [-0.2, -0.15) is 0 Å². The highest BCUT2D eigenvalue weighted by molar-refractivity contribution is 5.86. The van der Waals surface area contributed by atoms with Crippen molar-refractivity contribution < 1.29 is 9.84 Å². The van der Waals surface area contributed by atoms with E-state index < -0.39 is 0 Å². The van der Waals surface area contributed by atoms with Gasteiger partial charge in [-0.15, -0.1) is 5.10 Å². The molecule has 0 aliphatic rings. The van der Waals surface area contributed by atoms with E-state index in [0.717, 1.165) is 5.82 Å². The van der Waals surface area contributed by atoms with Gasteiger partial charge in [0, 0.05) is 35.8 Å². The fourth-order valence-electron chi connectivity index (χ4n) is 2.24. The fraction of sp³-hybridized carbons (Fsp3) is 0.250. The molecule has 0 unspecified atom stereocenters. The topological polar surface area (TPSA) is 72.2 Å². The van der Waals surface area contributed by atoms with Crippen molar-refractivity contribution in [1.82, 2.24) is 14.8 Å². The molecule has 0 bridgehead atoms. The van der Waals surface area contributed by atoms with Crippen LogP contribution in [0.15, 0.2) is 36.5 Å². The summed E-state index contributed by atoms with van der Waals surface area (Å²) in [4.78, 5) is 4.54. The second kappa shape index (κ2) is 5.55. The maximum Gasteiger partial charge on any atom is 0.157 e. The SMILES string of the molecule is COc1ccc2c(O)cc(-n3ccc(NC(C)C)n3)nc2c1. The number of nitrogens with one attached hydrogen (secondary N) is 1. The fourth-order valence-corrected chi connectivity index (χ4v) is 2.24. The van der Waals surface area contributed by atoms with Crippen LogP contribution in [-0.4, -0.2) is 33.0 Å². The molecular formula is C16H18N4O2. The summed E-state index contributed by atoms with van der Waals surface area (Å²) in [5, 5.41) is 18.5. The minimum atomic E-state index is 0.163. The van der Waals surface area contributed by atoms with E-state index in [2.05, 4.69) is 15.4 Å². The van der Waals surface area contributed by atoms with Gasteiger partial charge in [0.15, 0.2) is 5.82 Å². The summed E-state index contributed by atoms with van der Waals surface area (Å²) in [6.45, 7) is 4.09. The third-order valence-corrected chi connectivity index (χ3v) is 3.24. The van der Waals surface area contributed by atoms with Gasteiger partial charge in [0.05, 0.1) is 12.6 Å². The standard InChI is InChI=1S/C16H18N4O2/c1-10(2)17-15-6-7-20(19-15)16-9-14(21)12-5-4-11(22-3)8-13(12)18-16/h4-10H,1-3H3,(H,17,19)(H,18,21). The predicted molar refractivity (Wildman–Crippen MR) is 85.8 cm³/mol. The molecule has 0 saturated heterocycles. The molecule has 0 spiro atoms. The van der Waals surface area contributed by atoms with Crippen molar-refractivity contribution >= 4 is 16.7 Å². The van der Waals surface area contributed by atoms with Crippen LogP contribution in [0.5, 0.6) is 11.5 Å². The van der Waals surface area contributed by atoms with Crippen molar-refractivity contribution in [2.24, 2.45) is 0 Å². The quantitative estimate of drug-likeness (QED) is 0.775. The number of fused-ring (bicyclic) bond motifs is 1. The third kappa shape index (κ3) is 2.67. The largest absolute Gasteiger partial charge is 0.507 e. The van der Waals surface area contributed by atoms with E-state index in [4.69, 9.17) is 4.74 Å². The molecule has 22 heavy (non-hydrogen) atoms. The Morgan fingerprint density at radius 1 is 1.23 bits per heavy atom. The summed E-state index contributed by atoms with van der Waals surface area (Å²) in [6.07, 6.45) is 1.80. The van der Waals surface area contributed by atoms with Gasteiger partial charge in [-0.25, -0.2) is 9.67 Å². The maximum absolute atomic E-state index is 10.2. The van der Waals surface area contributed by atoms with Gasteiger partial charge in [-0.1, -0.05) is 0 Å². The molecule has 6 nitrogen and oxygen atoms in total. The lowest BCUT2D eigenvalue weighted by molar-refractivity contribution is 0.415. The molecule has 3 aromatic rings. The molecule has 0 aliphatic carbocycles. The maximum atomic E-state index is 10.2. The van der Waals surface area contributed by atoms with Gasteiger partial charge in [0.1, 0.15) is 17.3 Å². The molecule has 0 atom stereocenters. The summed E-state index contributed by atoms with van der Waals surface area (Å²) in [6, 6.07) is 9.13. The van der Waals surface area contributed by atoms with Crippen LogP contribution in [0.25, 0.3) is 16.7 Å². The average molecular weight is 298 g/mol. The Balaban J connectivity index is 2.05. The number of anilines is 1. The molecule has 1 aromatic carbocycles. The van der Waals surface area contributed by atoms with E-state index in [1.165, 1.54) is 0 Å². The monoisotopic (exact) mass is 298 g/mol. The van der Waals surface area contributed by atoms with Gasteiger partial charge in [0.2, 0.25) is 0 Å². The Morgan fingerprint density at radius 3 is 2.77 bits per heavy atom. The second-order valence-electron chi connectivity index (χ2n) is 5.33. The summed E-state index contributed by atoms with van der Waals surface area (Å²) < 4.78 is 6.83. The smallest absolute Gasteiger partial charge is 0.157 e. The summed E-state index contributed by atoms with van der Waals surface area (Å²) in [5.41, 5.74) is 0.656. The third-order valence-electron chi connectivity index (χ3n) is 3.24. The highest BCUT2D eigenvalue weighted by Crippen LogP contribution is 2.28. The number of nitrogens with zero attached hydrogens (tertiary/aromatic N) is 3. The first-order chi connectivity index (χ1) is 10.6. The molecule has 114 valence electrons. The van der Waals surface area contributed by atoms with Crippen LogP contribution in [0.1, 0.15) is 13.8 Å². The molecule has 0 radical (unpaired) electrons. The molecule has 0 saturated carbocycles. The lowest BCUT2D eigenvalue weighted by Gasteiger charge is -2.08. The van der Waals surface area contributed by atoms with Crippen LogP contribution in [0.3, 0.4) is 0 Å². The number of aromatic nitrogens is 3. The van der Waals surface area contributed by atoms with Crippen molar-refractivity contribution in [1.29, 1.82) is 0 Å². The van der Waals surface area contributed by atoms with Crippen LogP contribution in [0.4, 0.5) is 5.82 Å². The lowest BCUT2D eigenvalue weighted by atomic mass is 10.2. The van der Waals surface area contributed by atoms with E-state index >= 15 is 0 Å². The minimum Gasteiger partial charge on any atom is -0.507 e. The zero-order valence-electron chi connectivity index (χ0n) is 12.7. The van der Waals surface area contributed by atoms with Crippen LogP contribution in [0, 0.1) is 0 Å². The van der Waals surface area contributed by atoms with Gasteiger partial charge in [-0.05, 0) is 26.0 Å². The molecular weight excluding hydrogens is 280 g/mol. The zero-order chi connectivity index (χ0) is 15.7. The second-order valence-corrected chi connectivity index (χ2v) is 5.33. The number of pyridine rings is 1. The van der Waals surface area contributed by atoms with Crippen molar-refractivity contribution in [3.8, 4) is 17.3 Å². The average Bonchev–Trinajstić information content (AvgIpc) is 2.94. The van der Waals surface area contributed by atoms with Gasteiger partial charge in [-0.3, -0.25) is 0 Å². The normalized spacial score (nSPS) is 11.1. The minimum absolute atomic E-state index is 0.163. The Hall–Kier alpha value is -2.76. The first-order valence-electron chi connectivity index (χ1n) is 7.07. The van der Waals surface area contributed by atoms with Crippen molar-refractivity contribution in [2.45, 2.75) is 19.9 Å². The molecule has 0 fully saturated rings. The Labute approximate surface area is 128 Å². The van der Waals surface area contributed by atoms with Crippen molar-refractivity contribution in [2.75, 3.05) is 12.4 Å². The summed E-state index contributed by atoms with van der Waals surface area (Å²) in [7, 11) is 1.60. The van der Waals surface area contributed by atoms with Crippen LogP contribution in [0.2, 0.25) is 0 Å². The number of hydrogen-bond donors (Lipinski definition) is 2. The van der Waals surface area contributed by atoms with Gasteiger partial charge < -0.3 is 15.2 Å².